The molecule has 4 bridgehead atoms. The van der Waals surface area contributed by atoms with Crippen molar-refractivity contribution in [2.45, 2.75) is 62.6 Å². The molecule has 6 atom stereocenters. The zero-order valence-corrected chi connectivity index (χ0v) is 27.2. The van der Waals surface area contributed by atoms with Gasteiger partial charge in [-0.05, 0) is 79.8 Å². The number of anilines is 1. The van der Waals surface area contributed by atoms with Crippen LogP contribution in [0.25, 0.3) is 11.1 Å². The first-order chi connectivity index (χ1) is 22.4. The van der Waals surface area contributed by atoms with Gasteiger partial charge in [-0.25, -0.2) is 4.79 Å². The lowest BCUT2D eigenvalue weighted by Gasteiger charge is -2.56. The minimum atomic E-state index is -1.39. The zero-order chi connectivity index (χ0) is 33.3. The molecule has 1 amide bonds. The Hall–Kier alpha value is -4.28. The Kier molecular flexibility index (Phi) is 7.44. The molecule has 3 aliphatic carbocycles. The van der Waals surface area contributed by atoms with E-state index >= 15 is 0 Å². The molecule has 3 aromatic rings. The number of aromatic carboxylic acids is 1. The molecule has 9 nitrogen and oxygen atoms in total. The number of carboxylic acid groups (broad SMARTS) is 1. The molecule has 2 saturated carbocycles. The molecular formula is C37H37NO8S. The number of carboxylic acids is 1. The van der Waals surface area contributed by atoms with Crippen molar-refractivity contribution < 1.29 is 39.2 Å². The van der Waals surface area contributed by atoms with Crippen LogP contribution in [-0.4, -0.2) is 51.8 Å². The Bertz CT molecular complexity index is 1860. The molecule has 1 spiro atoms. The van der Waals surface area contributed by atoms with Crippen molar-refractivity contribution in [3.8, 4) is 28.4 Å². The molecule has 2 aliphatic heterocycles. The van der Waals surface area contributed by atoms with E-state index in [1.807, 2.05) is 49.4 Å². The Morgan fingerprint density at radius 2 is 1.87 bits per heavy atom. The monoisotopic (exact) mass is 655 g/mol. The molecule has 4 N–H and O–H groups in total. The topological polar surface area (TPSA) is 142 Å². The maximum Gasteiger partial charge on any atom is 0.339 e. The van der Waals surface area contributed by atoms with Crippen molar-refractivity contribution in [3.05, 3.63) is 77.2 Å². The van der Waals surface area contributed by atoms with Gasteiger partial charge in [-0.2, -0.15) is 0 Å². The summed E-state index contributed by atoms with van der Waals surface area (Å²) in [5, 5.41) is 32.6. The smallest absolute Gasteiger partial charge is 0.339 e. The van der Waals surface area contributed by atoms with Crippen molar-refractivity contribution in [2.24, 2.45) is 22.7 Å². The number of ether oxygens (including phenoxy) is 2. The second kappa shape index (κ2) is 11.2. The molecule has 244 valence electrons. The van der Waals surface area contributed by atoms with E-state index in [1.165, 1.54) is 11.8 Å². The van der Waals surface area contributed by atoms with E-state index in [-0.39, 0.29) is 47.4 Å². The second-order valence-corrected chi connectivity index (χ2v) is 14.9. The number of carbonyl (C=O) groups excluding carboxylic acids is 2. The molecule has 0 radical (unpaired) electrons. The SMILES string of the molecule is COc1ccccc1-c1cccc(SC2=C[C@]34C[C@H]5C[C@H](O[C@@]5(C)C3)[C@H]4[C@](C)(CCC(=O)Nc3c(O)ccc(C(=O)O)c3O)C2=O)c1. The lowest BCUT2D eigenvalue weighted by atomic mass is 9.51. The third kappa shape index (κ3) is 5.00. The Balaban J connectivity index is 1.19. The fourth-order valence-electron chi connectivity index (χ4n) is 9.03. The number of rotatable bonds is 9. The van der Waals surface area contributed by atoms with E-state index in [1.54, 1.807) is 7.11 Å². The average molecular weight is 656 g/mol. The lowest BCUT2D eigenvalue weighted by molar-refractivity contribution is -0.169. The highest BCUT2D eigenvalue weighted by molar-refractivity contribution is 8.04. The number of allylic oxidation sites excluding steroid dienone is 2. The van der Waals surface area contributed by atoms with Crippen molar-refractivity contribution in [1.82, 2.24) is 0 Å². The molecule has 4 fully saturated rings. The maximum atomic E-state index is 14.6. The minimum Gasteiger partial charge on any atom is -0.506 e. The summed E-state index contributed by atoms with van der Waals surface area (Å²) in [7, 11) is 1.64. The van der Waals surface area contributed by atoms with Crippen molar-refractivity contribution >= 4 is 35.1 Å². The van der Waals surface area contributed by atoms with Gasteiger partial charge in [-0.1, -0.05) is 55.1 Å². The third-order valence-corrected chi connectivity index (χ3v) is 12.0. The lowest BCUT2D eigenvalue weighted by Crippen LogP contribution is -2.57. The van der Waals surface area contributed by atoms with Crippen LogP contribution < -0.4 is 10.1 Å². The normalized spacial score (nSPS) is 30.1. The number of nitrogens with one attached hydrogen (secondary N) is 1. The minimum absolute atomic E-state index is 0.0326. The summed E-state index contributed by atoms with van der Waals surface area (Å²) in [5.41, 5.74) is -0.285. The highest BCUT2D eigenvalue weighted by atomic mass is 32.2. The van der Waals surface area contributed by atoms with Gasteiger partial charge >= 0.3 is 5.97 Å². The van der Waals surface area contributed by atoms with E-state index in [4.69, 9.17) is 9.47 Å². The number of aromatic hydroxyl groups is 2. The quantitative estimate of drug-likeness (QED) is 0.179. The summed E-state index contributed by atoms with van der Waals surface area (Å²) in [4.78, 5) is 41.0. The Labute approximate surface area is 277 Å². The van der Waals surface area contributed by atoms with Gasteiger partial charge in [0.2, 0.25) is 5.91 Å². The number of methoxy groups -OCH3 is 1. The summed E-state index contributed by atoms with van der Waals surface area (Å²) >= 11 is 1.45. The number of Topliss-reactive ketones (excluding diaryl/α,β-unsaturated/α-hetero) is 1. The van der Waals surface area contributed by atoms with Gasteiger partial charge in [0.05, 0.1) is 23.7 Å². The van der Waals surface area contributed by atoms with E-state index in [9.17, 15) is 29.7 Å². The highest BCUT2D eigenvalue weighted by Crippen LogP contribution is 2.72. The van der Waals surface area contributed by atoms with Gasteiger partial charge in [-0.3, -0.25) is 9.59 Å². The first-order valence-electron chi connectivity index (χ1n) is 15.8. The van der Waals surface area contributed by atoms with E-state index in [2.05, 4.69) is 24.4 Å². The molecule has 3 aromatic carbocycles. The van der Waals surface area contributed by atoms with Crippen LogP contribution in [0.2, 0.25) is 0 Å². The van der Waals surface area contributed by atoms with Crippen LogP contribution in [0.5, 0.6) is 17.2 Å². The number of hydrogen-bond donors (Lipinski definition) is 4. The summed E-state index contributed by atoms with van der Waals surface area (Å²) < 4.78 is 12.2. The predicted octanol–water partition coefficient (Wildman–Crippen LogP) is 7.03. The number of hydrogen-bond acceptors (Lipinski definition) is 8. The number of phenolic OH excluding ortho intramolecular Hbond substituents is 1. The largest absolute Gasteiger partial charge is 0.506 e. The molecule has 2 heterocycles. The molecule has 10 heteroatoms. The van der Waals surface area contributed by atoms with Crippen molar-refractivity contribution in [1.29, 1.82) is 0 Å². The van der Waals surface area contributed by atoms with Crippen LogP contribution >= 0.6 is 11.8 Å². The standard InChI is InChI=1S/C37H37NO8S/c1-35(14-13-29(40)38-30-25(39)12-11-24(31(30)41)34(43)44)32-27-16-21-17-37(32,19-36(21,2)46-27)18-28(33(35)42)47-22-8-6-7-20(15-22)23-9-4-5-10-26(23)45-3/h4-12,15,18,21,27,32,39,41H,13-14,16-17,19H2,1-3H3,(H,38,40)(H,43,44)/t21-,27+,32+,35+,36+,37-/m1/s1. The number of carbonyl (C=O) groups is 3. The fourth-order valence-corrected chi connectivity index (χ4v) is 10.2. The number of ketones is 1. The molecule has 0 aromatic heterocycles. The first kappa shape index (κ1) is 31.3. The molecule has 8 rings (SSSR count). The summed E-state index contributed by atoms with van der Waals surface area (Å²) in [5.74, 6) is -2.09. The van der Waals surface area contributed by atoms with Crippen LogP contribution in [0.15, 0.2) is 76.5 Å². The van der Waals surface area contributed by atoms with Gasteiger partial charge in [0.1, 0.15) is 22.7 Å². The van der Waals surface area contributed by atoms with E-state index in [0.29, 0.717) is 10.8 Å². The number of amides is 1. The van der Waals surface area contributed by atoms with Crippen LogP contribution in [0, 0.1) is 22.7 Å². The van der Waals surface area contributed by atoms with Gasteiger partial charge in [0.25, 0.3) is 0 Å². The highest BCUT2D eigenvalue weighted by Gasteiger charge is 2.72. The molecule has 2 saturated heterocycles. The van der Waals surface area contributed by atoms with Crippen LogP contribution in [0.3, 0.4) is 0 Å². The molecular weight excluding hydrogens is 618 g/mol. The summed E-state index contributed by atoms with van der Waals surface area (Å²) in [6, 6.07) is 18.0. The van der Waals surface area contributed by atoms with Crippen LogP contribution in [0.4, 0.5) is 5.69 Å². The average Bonchev–Trinajstić information content (AvgIpc) is 3.41. The third-order valence-electron chi connectivity index (χ3n) is 10.9. The maximum absolute atomic E-state index is 14.6. The molecule has 0 unspecified atom stereocenters. The Morgan fingerprint density at radius 3 is 2.62 bits per heavy atom. The van der Waals surface area contributed by atoms with Gasteiger partial charge in [0.15, 0.2) is 11.5 Å². The molecule has 5 aliphatic rings. The molecule has 47 heavy (non-hydrogen) atoms. The predicted molar refractivity (Wildman–Crippen MR) is 177 cm³/mol. The second-order valence-electron chi connectivity index (χ2n) is 13.8. The van der Waals surface area contributed by atoms with Gasteiger partial charge in [0, 0.05) is 28.2 Å². The van der Waals surface area contributed by atoms with Gasteiger partial charge in [-0.15, -0.1) is 0 Å². The zero-order valence-electron chi connectivity index (χ0n) is 26.4. The number of para-hydroxylation sites is 1. The number of phenols is 2. The van der Waals surface area contributed by atoms with E-state index < -0.39 is 34.4 Å². The van der Waals surface area contributed by atoms with Gasteiger partial charge < -0.3 is 30.1 Å². The number of benzene rings is 3. The van der Waals surface area contributed by atoms with Crippen LogP contribution in [-0.2, 0) is 14.3 Å². The first-order valence-corrected chi connectivity index (χ1v) is 16.6. The Morgan fingerprint density at radius 1 is 1.09 bits per heavy atom. The van der Waals surface area contributed by atoms with E-state index in [0.717, 1.165) is 53.2 Å². The number of thioether (sulfide) groups is 1. The summed E-state index contributed by atoms with van der Waals surface area (Å²) in [6.45, 7) is 4.14. The van der Waals surface area contributed by atoms with Crippen molar-refractivity contribution in [3.63, 3.8) is 0 Å². The summed E-state index contributed by atoms with van der Waals surface area (Å²) in [6.07, 6.45) is 4.87. The fraction of sp³-hybridized carbons (Fsp3) is 0.378. The van der Waals surface area contributed by atoms with Crippen LogP contribution in [0.1, 0.15) is 56.3 Å². The van der Waals surface area contributed by atoms with Crippen molar-refractivity contribution in [2.75, 3.05) is 12.4 Å².